The molecule has 0 unspecified atom stereocenters. The molecule has 8 aromatic carbocycles. The molecule has 0 saturated heterocycles. The van der Waals surface area contributed by atoms with Crippen molar-refractivity contribution in [1.29, 1.82) is 0 Å². The highest BCUT2D eigenvalue weighted by Crippen LogP contribution is 2.65. The van der Waals surface area contributed by atoms with Crippen LogP contribution in [0.5, 0.6) is 0 Å². The van der Waals surface area contributed by atoms with Gasteiger partial charge in [-0.1, -0.05) is 176 Å². The molecule has 1 nitrogen and oxygen atoms in total. The average molecular weight is 744 g/mol. The summed E-state index contributed by atoms with van der Waals surface area (Å²) in [5.41, 5.74) is 16.9. The molecular formula is C55H37NS. The average Bonchev–Trinajstić information content (AvgIpc) is 3.91. The van der Waals surface area contributed by atoms with Crippen molar-refractivity contribution >= 4 is 48.6 Å². The lowest BCUT2D eigenvalue weighted by Gasteiger charge is -2.33. The summed E-state index contributed by atoms with van der Waals surface area (Å²) in [6.45, 7) is 3.97. The standard InChI is InChI=1S/C55H37NS/c1-2-3-6-26-50(39-19-9-5-10-20-39)56(40-30-28-38(29-31-40)37-17-7-4-8-18-37)41-32-33-44-49(36-41)55(46-24-14-11-21-42(46)43-22-12-15-25-47(43)55)48-34-35-52-54(53(44)48)45-23-13-16-27-51(45)57-52/h2-36H,1H2/b6-3-,50-26+. The Bertz CT molecular complexity index is 3030. The van der Waals surface area contributed by atoms with Crippen LogP contribution in [-0.2, 0) is 5.41 Å². The van der Waals surface area contributed by atoms with Crippen LogP contribution in [0.25, 0.3) is 59.3 Å². The van der Waals surface area contributed by atoms with Crippen molar-refractivity contribution < 1.29 is 0 Å². The minimum atomic E-state index is -0.493. The number of thiophene rings is 1. The van der Waals surface area contributed by atoms with Gasteiger partial charge < -0.3 is 4.90 Å². The first-order chi connectivity index (χ1) is 28.3. The van der Waals surface area contributed by atoms with E-state index in [1.165, 1.54) is 75.8 Å². The number of rotatable bonds is 7. The molecule has 1 heterocycles. The second-order valence-electron chi connectivity index (χ2n) is 14.8. The predicted molar refractivity (Wildman–Crippen MR) is 243 cm³/mol. The second kappa shape index (κ2) is 13.3. The molecule has 9 aromatic rings. The topological polar surface area (TPSA) is 3.24 Å². The van der Waals surface area contributed by atoms with Crippen LogP contribution in [0, 0.1) is 0 Å². The van der Waals surface area contributed by atoms with Crippen molar-refractivity contribution in [3.8, 4) is 33.4 Å². The van der Waals surface area contributed by atoms with Gasteiger partial charge in [-0.2, -0.15) is 0 Å². The summed E-state index contributed by atoms with van der Waals surface area (Å²) in [6.07, 6.45) is 8.13. The number of nitrogens with zero attached hydrogens (tertiary/aromatic N) is 1. The molecule has 11 rings (SSSR count). The fraction of sp³-hybridized carbons (Fsp3) is 0.0182. The number of fused-ring (bicyclic) bond motifs is 14. The molecule has 57 heavy (non-hydrogen) atoms. The van der Waals surface area contributed by atoms with Gasteiger partial charge in [0, 0.05) is 31.5 Å². The minimum absolute atomic E-state index is 0.493. The Hall–Kier alpha value is -7.00. The zero-order valence-electron chi connectivity index (χ0n) is 31.3. The van der Waals surface area contributed by atoms with E-state index in [-0.39, 0.29) is 0 Å². The summed E-state index contributed by atoms with van der Waals surface area (Å²) in [4.78, 5) is 2.43. The second-order valence-corrected chi connectivity index (χ2v) is 15.9. The highest BCUT2D eigenvalue weighted by atomic mass is 32.1. The molecule has 2 aliphatic carbocycles. The van der Waals surface area contributed by atoms with Crippen molar-refractivity contribution in [3.63, 3.8) is 0 Å². The van der Waals surface area contributed by atoms with E-state index in [2.05, 4.69) is 212 Å². The molecule has 0 radical (unpaired) electrons. The smallest absolute Gasteiger partial charge is 0.0726 e. The first kappa shape index (κ1) is 33.3. The van der Waals surface area contributed by atoms with Gasteiger partial charge in [-0.25, -0.2) is 0 Å². The Balaban J connectivity index is 1.22. The Labute approximate surface area is 337 Å². The fourth-order valence-corrected chi connectivity index (χ4v) is 10.7. The van der Waals surface area contributed by atoms with Crippen LogP contribution in [0.3, 0.4) is 0 Å². The molecule has 1 spiro atoms. The third-order valence-corrected chi connectivity index (χ3v) is 13.0. The summed E-state index contributed by atoms with van der Waals surface area (Å²) in [7, 11) is 0. The zero-order valence-corrected chi connectivity index (χ0v) is 32.1. The number of hydrogen-bond acceptors (Lipinski definition) is 2. The van der Waals surface area contributed by atoms with Gasteiger partial charge in [0.05, 0.1) is 11.1 Å². The molecule has 0 amide bonds. The SMILES string of the molecule is C=C/C=C\C=C(/c1ccccc1)N(c1ccc(-c2ccccc2)cc1)c1ccc2c(c1)C1(c3ccccc3-c3ccccc31)c1ccc3sc4ccccc4c3c1-2. The molecule has 0 atom stereocenters. The van der Waals surface area contributed by atoms with Crippen molar-refractivity contribution in [2.75, 3.05) is 4.90 Å². The number of hydrogen-bond donors (Lipinski definition) is 0. The van der Waals surface area contributed by atoms with E-state index in [1.807, 2.05) is 23.5 Å². The van der Waals surface area contributed by atoms with Crippen LogP contribution in [-0.4, -0.2) is 0 Å². The van der Waals surface area contributed by atoms with E-state index >= 15 is 0 Å². The van der Waals surface area contributed by atoms with Crippen molar-refractivity contribution in [2.24, 2.45) is 0 Å². The van der Waals surface area contributed by atoms with Gasteiger partial charge >= 0.3 is 0 Å². The molecule has 2 aliphatic rings. The number of benzene rings is 8. The first-order valence-corrected chi connectivity index (χ1v) is 20.4. The van der Waals surface area contributed by atoms with Gasteiger partial charge in [-0.05, 0) is 104 Å². The van der Waals surface area contributed by atoms with E-state index in [1.54, 1.807) is 0 Å². The predicted octanol–water partition coefficient (Wildman–Crippen LogP) is 15.0. The van der Waals surface area contributed by atoms with E-state index in [0.717, 1.165) is 22.6 Å². The largest absolute Gasteiger partial charge is 0.310 e. The quantitative estimate of drug-likeness (QED) is 0.147. The highest BCUT2D eigenvalue weighted by molar-refractivity contribution is 7.26. The summed E-state index contributed by atoms with van der Waals surface area (Å²) in [5.74, 6) is 0. The maximum atomic E-state index is 3.97. The summed E-state index contributed by atoms with van der Waals surface area (Å²) in [5, 5.41) is 2.68. The van der Waals surface area contributed by atoms with E-state index in [0.29, 0.717) is 0 Å². The van der Waals surface area contributed by atoms with Crippen molar-refractivity contribution in [1.82, 2.24) is 0 Å². The van der Waals surface area contributed by atoms with Crippen molar-refractivity contribution in [3.05, 3.63) is 247 Å². The van der Waals surface area contributed by atoms with Crippen molar-refractivity contribution in [2.45, 2.75) is 5.41 Å². The molecule has 2 heteroatoms. The molecule has 0 fully saturated rings. The fourth-order valence-electron chi connectivity index (χ4n) is 9.56. The van der Waals surface area contributed by atoms with Gasteiger partial charge in [-0.15, -0.1) is 11.3 Å². The summed E-state index contributed by atoms with van der Waals surface area (Å²) in [6, 6.07) is 69.4. The maximum Gasteiger partial charge on any atom is 0.0726 e. The molecule has 1 aromatic heterocycles. The lowest BCUT2D eigenvalue weighted by molar-refractivity contribution is 0.794. The van der Waals surface area contributed by atoms with Crippen LogP contribution < -0.4 is 4.90 Å². The summed E-state index contributed by atoms with van der Waals surface area (Å²) >= 11 is 1.89. The molecule has 0 bridgehead atoms. The number of allylic oxidation sites excluding steroid dienone is 4. The third kappa shape index (κ3) is 5.01. The van der Waals surface area contributed by atoms with Gasteiger partial charge in [-0.3, -0.25) is 0 Å². The van der Waals surface area contributed by atoms with E-state index in [4.69, 9.17) is 0 Å². The Morgan fingerprint density at radius 3 is 1.86 bits per heavy atom. The highest BCUT2D eigenvalue weighted by Gasteiger charge is 2.52. The van der Waals surface area contributed by atoms with Crippen LogP contribution >= 0.6 is 11.3 Å². The Morgan fingerprint density at radius 2 is 1.12 bits per heavy atom. The molecule has 268 valence electrons. The van der Waals surface area contributed by atoms with Crippen LogP contribution in [0.15, 0.2) is 219 Å². The normalized spacial score (nSPS) is 13.5. The lowest BCUT2D eigenvalue weighted by Crippen LogP contribution is -2.26. The van der Waals surface area contributed by atoms with Gasteiger partial charge in [0.25, 0.3) is 0 Å². The van der Waals surface area contributed by atoms with Crippen LogP contribution in [0.1, 0.15) is 27.8 Å². The van der Waals surface area contributed by atoms with Gasteiger partial charge in [0.15, 0.2) is 0 Å². The third-order valence-electron chi connectivity index (χ3n) is 11.9. The maximum absolute atomic E-state index is 3.97. The monoisotopic (exact) mass is 743 g/mol. The molecule has 0 saturated carbocycles. The van der Waals surface area contributed by atoms with Gasteiger partial charge in [0.2, 0.25) is 0 Å². The molecule has 0 aliphatic heterocycles. The van der Waals surface area contributed by atoms with Gasteiger partial charge in [0.1, 0.15) is 0 Å². The van der Waals surface area contributed by atoms with E-state index in [9.17, 15) is 0 Å². The van der Waals surface area contributed by atoms with Crippen LogP contribution in [0.4, 0.5) is 11.4 Å². The first-order valence-electron chi connectivity index (χ1n) is 19.5. The van der Waals surface area contributed by atoms with E-state index < -0.39 is 5.41 Å². The zero-order chi connectivity index (χ0) is 37.9. The molecular weight excluding hydrogens is 707 g/mol. The number of anilines is 2. The van der Waals surface area contributed by atoms with Crippen LogP contribution in [0.2, 0.25) is 0 Å². The lowest BCUT2D eigenvalue weighted by atomic mass is 9.70. The Morgan fingerprint density at radius 1 is 0.491 bits per heavy atom. The minimum Gasteiger partial charge on any atom is -0.310 e. The molecule has 0 N–H and O–H groups in total. The summed E-state index contributed by atoms with van der Waals surface area (Å²) < 4.78 is 2.65. The Kier molecular flexibility index (Phi) is 7.80.